The van der Waals surface area contributed by atoms with Crippen molar-refractivity contribution in [1.29, 1.82) is 0 Å². The van der Waals surface area contributed by atoms with E-state index in [1.54, 1.807) is 6.07 Å². The summed E-state index contributed by atoms with van der Waals surface area (Å²) < 4.78 is 5.71. The van der Waals surface area contributed by atoms with Crippen molar-refractivity contribution in [3.05, 3.63) is 40.3 Å². The van der Waals surface area contributed by atoms with Crippen molar-refractivity contribution in [3.8, 4) is 0 Å². The predicted octanol–water partition coefficient (Wildman–Crippen LogP) is 1.49. The van der Waals surface area contributed by atoms with Crippen LogP contribution in [-0.4, -0.2) is 47.3 Å². The number of carbonyl (C=O) groups is 1. The number of benzene rings is 1. The Morgan fingerprint density at radius 3 is 2.83 bits per heavy atom. The molecule has 4 rings (SSSR count). The monoisotopic (exact) mass is 327 g/mol. The third-order valence-corrected chi connectivity index (χ3v) is 5.30. The first-order valence-electron chi connectivity index (χ1n) is 8.49. The quantitative estimate of drug-likeness (QED) is 0.907. The zero-order chi connectivity index (χ0) is 16.6. The van der Waals surface area contributed by atoms with Gasteiger partial charge >= 0.3 is 0 Å². The van der Waals surface area contributed by atoms with E-state index < -0.39 is 0 Å². The molecule has 1 amide bonds. The number of nitrogens with one attached hydrogen (secondary N) is 1. The summed E-state index contributed by atoms with van der Waals surface area (Å²) >= 11 is 0. The number of nitrogens with zero attached hydrogens (tertiary/aromatic N) is 2. The number of H-pyrrole nitrogens is 1. The van der Waals surface area contributed by atoms with E-state index in [9.17, 15) is 9.59 Å². The molecule has 2 fully saturated rings. The van der Waals surface area contributed by atoms with Gasteiger partial charge in [0.25, 0.3) is 5.56 Å². The molecule has 0 bridgehead atoms. The van der Waals surface area contributed by atoms with Crippen LogP contribution in [0.3, 0.4) is 0 Å². The topological polar surface area (TPSA) is 75.3 Å². The molecule has 2 aromatic rings. The summed E-state index contributed by atoms with van der Waals surface area (Å²) in [6.45, 7) is 2.75. The van der Waals surface area contributed by atoms with Crippen LogP contribution in [0.15, 0.2) is 29.1 Å². The molecular formula is C18H21N3O3. The first-order chi connectivity index (χ1) is 11.7. The number of aromatic nitrogens is 2. The minimum atomic E-state index is -0.224. The molecule has 0 unspecified atom stereocenters. The third-order valence-electron chi connectivity index (χ3n) is 5.30. The van der Waals surface area contributed by atoms with Crippen LogP contribution in [0.1, 0.15) is 25.0 Å². The lowest BCUT2D eigenvalue weighted by molar-refractivity contribution is -0.132. The summed E-state index contributed by atoms with van der Waals surface area (Å²) in [6, 6.07) is 7.28. The Bertz CT molecular complexity index is 826. The van der Waals surface area contributed by atoms with Gasteiger partial charge in [-0.25, -0.2) is 5.10 Å². The molecule has 1 N–H and O–H groups in total. The van der Waals surface area contributed by atoms with Gasteiger partial charge in [-0.1, -0.05) is 24.6 Å². The maximum absolute atomic E-state index is 12.8. The number of carbonyl (C=O) groups excluding carboxylic acids is 1. The second-order valence-corrected chi connectivity index (χ2v) is 6.94. The lowest BCUT2D eigenvalue weighted by Gasteiger charge is -2.42. The van der Waals surface area contributed by atoms with Crippen LogP contribution in [0.5, 0.6) is 0 Å². The molecule has 0 radical (unpaired) electrons. The standard InChI is InChI=1S/C18H21N3O3/c22-16(21-8-9-24-12-18(11-21)6-3-7-18)10-15-13-4-1-2-5-14(13)17(23)20-19-15/h1-2,4-5H,3,6-12H2,(H,20,23). The Kier molecular flexibility index (Phi) is 3.84. The van der Waals surface area contributed by atoms with Gasteiger partial charge in [0.2, 0.25) is 5.91 Å². The van der Waals surface area contributed by atoms with Gasteiger partial charge in [-0.2, -0.15) is 5.10 Å². The Morgan fingerprint density at radius 1 is 1.29 bits per heavy atom. The van der Waals surface area contributed by atoms with E-state index in [0.29, 0.717) is 24.2 Å². The maximum atomic E-state index is 12.8. The molecular weight excluding hydrogens is 306 g/mol. The lowest BCUT2D eigenvalue weighted by Crippen LogP contribution is -2.46. The van der Waals surface area contributed by atoms with Gasteiger partial charge in [0.15, 0.2) is 0 Å². The van der Waals surface area contributed by atoms with Crippen LogP contribution in [0.2, 0.25) is 0 Å². The Hall–Kier alpha value is -2.21. The van der Waals surface area contributed by atoms with Crippen molar-refractivity contribution in [2.45, 2.75) is 25.7 Å². The van der Waals surface area contributed by atoms with Gasteiger partial charge in [-0.3, -0.25) is 9.59 Å². The van der Waals surface area contributed by atoms with Gasteiger partial charge in [0, 0.05) is 23.9 Å². The van der Waals surface area contributed by atoms with Gasteiger partial charge in [0.05, 0.1) is 30.7 Å². The molecule has 126 valence electrons. The highest BCUT2D eigenvalue weighted by molar-refractivity contribution is 5.88. The van der Waals surface area contributed by atoms with Crippen molar-refractivity contribution in [3.63, 3.8) is 0 Å². The third kappa shape index (κ3) is 2.71. The maximum Gasteiger partial charge on any atom is 0.272 e. The summed E-state index contributed by atoms with van der Waals surface area (Å²) in [7, 11) is 0. The van der Waals surface area contributed by atoms with Crippen molar-refractivity contribution in [2.24, 2.45) is 5.41 Å². The molecule has 1 aromatic carbocycles. The Balaban J connectivity index is 1.58. The average molecular weight is 327 g/mol. The molecule has 2 aliphatic rings. The normalized spacial score (nSPS) is 19.9. The molecule has 1 saturated heterocycles. The van der Waals surface area contributed by atoms with Crippen LogP contribution >= 0.6 is 0 Å². The fourth-order valence-electron chi connectivity index (χ4n) is 3.75. The van der Waals surface area contributed by atoms with Gasteiger partial charge in [0.1, 0.15) is 0 Å². The average Bonchev–Trinajstić information content (AvgIpc) is 2.81. The molecule has 1 saturated carbocycles. The highest BCUT2D eigenvalue weighted by atomic mass is 16.5. The zero-order valence-electron chi connectivity index (χ0n) is 13.6. The van der Waals surface area contributed by atoms with Gasteiger partial charge in [-0.15, -0.1) is 0 Å². The molecule has 24 heavy (non-hydrogen) atoms. The molecule has 1 aromatic heterocycles. The summed E-state index contributed by atoms with van der Waals surface area (Å²) in [5.41, 5.74) is 0.563. The zero-order valence-corrected chi connectivity index (χ0v) is 13.6. The van der Waals surface area contributed by atoms with E-state index in [0.717, 1.165) is 31.4 Å². The number of amides is 1. The van der Waals surface area contributed by atoms with Crippen molar-refractivity contribution in [1.82, 2.24) is 15.1 Å². The van der Waals surface area contributed by atoms with Crippen molar-refractivity contribution in [2.75, 3.05) is 26.3 Å². The van der Waals surface area contributed by atoms with Crippen LogP contribution in [0, 0.1) is 5.41 Å². The van der Waals surface area contributed by atoms with E-state index in [1.165, 1.54) is 6.42 Å². The molecule has 1 aliphatic heterocycles. The molecule has 1 spiro atoms. The van der Waals surface area contributed by atoms with E-state index in [2.05, 4.69) is 10.2 Å². The predicted molar refractivity (Wildman–Crippen MR) is 89.8 cm³/mol. The number of rotatable bonds is 2. The van der Waals surface area contributed by atoms with E-state index in [4.69, 9.17) is 4.74 Å². The van der Waals surface area contributed by atoms with Crippen molar-refractivity contribution >= 4 is 16.7 Å². The minimum absolute atomic E-state index is 0.0523. The SMILES string of the molecule is O=C(Cc1n[nH]c(=O)c2ccccc12)N1CCOCC2(CCC2)C1. The number of ether oxygens (including phenoxy) is 1. The Labute approximate surface area is 139 Å². The fraction of sp³-hybridized carbons (Fsp3) is 0.500. The van der Waals surface area contributed by atoms with E-state index in [1.807, 2.05) is 23.1 Å². The number of fused-ring (bicyclic) bond motifs is 1. The number of hydrogen-bond donors (Lipinski definition) is 1. The fourth-order valence-corrected chi connectivity index (χ4v) is 3.75. The molecule has 2 heterocycles. The van der Waals surface area contributed by atoms with Crippen LogP contribution in [-0.2, 0) is 16.0 Å². The first-order valence-corrected chi connectivity index (χ1v) is 8.49. The summed E-state index contributed by atoms with van der Waals surface area (Å²) in [6.07, 6.45) is 3.69. The Morgan fingerprint density at radius 2 is 2.08 bits per heavy atom. The highest BCUT2D eigenvalue weighted by Crippen LogP contribution is 2.42. The summed E-state index contributed by atoms with van der Waals surface area (Å²) in [5.74, 6) is 0.0523. The van der Waals surface area contributed by atoms with Crippen LogP contribution < -0.4 is 5.56 Å². The number of hydrogen-bond acceptors (Lipinski definition) is 4. The van der Waals surface area contributed by atoms with Crippen LogP contribution in [0.25, 0.3) is 10.8 Å². The molecule has 6 nitrogen and oxygen atoms in total. The van der Waals surface area contributed by atoms with Gasteiger partial charge in [-0.05, 0) is 18.9 Å². The summed E-state index contributed by atoms with van der Waals surface area (Å²) in [5, 5.41) is 7.94. The molecule has 1 aliphatic carbocycles. The van der Waals surface area contributed by atoms with Gasteiger partial charge < -0.3 is 9.64 Å². The summed E-state index contributed by atoms with van der Waals surface area (Å²) in [4.78, 5) is 26.6. The lowest BCUT2D eigenvalue weighted by atomic mass is 9.69. The largest absolute Gasteiger partial charge is 0.379 e. The molecule has 6 heteroatoms. The number of aromatic amines is 1. The van der Waals surface area contributed by atoms with Crippen molar-refractivity contribution < 1.29 is 9.53 Å². The second kappa shape index (κ2) is 6.02. The van der Waals surface area contributed by atoms with E-state index in [-0.39, 0.29) is 23.3 Å². The first kappa shape index (κ1) is 15.3. The molecule has 0 atom stereocenters. The highest BCUT2D eigenvalue weighted by Gasteiger charge is 2.41. The smallest absolute Gasteiger partial charge is 0.272 e. The van der Waals surface area contributed by atoms with E-state index >= 15 is 0 Å². The van der Waals surface area contributed by atoms with Crippen LogP contribution in [0.4, 0.5) is 0 Å². The minimum Gasteiger partial charge on any atom is -0.379 e. The second-order valence-electron chi connectivity index (χ2n) is 6.94.